The van der Waals surface area contributed by atoms with Gasteiger partial charge in [0.05, 0.1) is 18.1 Å². The van der Waals surface area contributed by atoms with Crippen molar-refractivity contribution in [3.8, 4) is 11.5 Å². The van der Waals surface area contributed by atoms with Gasteiger partial charge in [-0.1, -0.05) is 6.07 Å². The van der Waals surface area contributed by atoms with Crippen LogP contribution in [0.5, 0.6) is 11.5 Å². The van der Waals surface area contributed by atoms with Crippen molar-refractivity contribution in [1.29, 1.82) is 0 Å². The summed E-state index contributed by atoms with van der Waals surface area (Å²) < 4.78 is 10.4. The molecule has 110 valence electrons. The Morgan fingerprint density at radius 2 is 2.19 bits per heavy atom. The molecule has 0 aliphatic carbocycles. The summed E-state index contributed by atoms with van der Waals surface area (Å²) in [5, 5.41) is 10.9. The fourth-order valence-corrected chi connectivity index (χ4v) is 1.66. The molecule has 0 aliphatic heterocycles. The SMILES string of the molecule is COc1ccc(OCc2ccc(NN)nc2)cc1[N+](=O)[O-]. The van der Waals surface area contributed by atoms with Crippen LogP contribution in [0.1, 0.15) is 5.56 Å². The Morgan fingerprint density at radius 1 is 1.38 bits per heavy atom. The number of nitro groups is 1. The van der Waals surface area contributed by atoms with Crippen molar-refractivity contribution in [3.63, 3.8) is 0 Å². The summed E-state index contributed by atoms with van der Waals surface area (Å²) in [5.41, 5.74) is 3.09. The molecule has 1 heterocycles. The van der Waals surface area contributed by atoms with E-state index in [9.17, 15) is 10.1 Å². The second kappa shape index (κ2) is 6.53. The lowest BCUT2D eigenvalue weighted by molar-refractivity contribution is -0.385. The predicted octanol–water partition coefficient (Wildman–Crippen LogP) is 1.86. The number of nitrogens with one attached hydrogen (secondary N) is 1. The largest absolute Gasteiger partial charge is 0.490 e. The van der Waals surface area contributed by atoms with Gasteiger partial charge in [-0.25, -0.2) is 10.8 Å². The van der Waals surface area contributed by atoms with Crippen LogP contribution in [0.3, 0.4) is 0 Å². The number of nitrogens with two attached hydrogens (primary N) is 1. The van der Waals surface area contributed by atoms with Gasteiger partial charge in [0.15, 0.2) is 5.75 Å². The van der Waals surface area contributed by atoms with Gasteiger partial charge in [-0.3, -0.25) is 10.1 Å². The number of pyridine rings is 1. The highest BCUT2D eigenvalue weighted by Crippen LogP contribution is 2.31. The molecule has 8 heteroatoms. The Kier molecular flexibility index (Phi) is 4.52. The second-order valence-corrected chi connectivity index (χ2v) is 4.08. The maximum Gasteiger partial charge on any atom is 0.314 e. The van der Waals surface area contributed by atoms with Crippen LogP contribution >= 0.6 is 0 Å². The summed E-state index contributed by atoms with van der Waals surface area (Å²) in [7, 11) is 1.38. The fourth-order valence-electron chi connectivity index (χ4n) is 1.66. The summed E-state index contributed by atoms with van der Waals surface area (Å²) >= 11 is 0. The van der Waals surface area contributed by atoms with Crippen molar-refractivity contribution in [2.75, 3.05) is 12.5 Å². The van der Waals surface area contributed by atoms with E-state index in [-0.39, 0.29) is 18.0 Å². The molecule has 0 saturated heterocycles. The molecule has 1 aromatic heterocycles. The minimum Gasteiger partial charge on any atom is -0.490 e. The first-order valence-corrected chi connectivity index (χ1v) is 6.01. The molecule has 0 amide bonds. The summed E-state index contributed by atoms with van der Waals surface area (Å²) in [6.45, 7) is 0.237. The van der Waals surface area contributed by atoms with Gasteiger partial charge in [0.1, 0.15) is 18.2 Å². The Balaban J connectivity index is 2.08. The van der Waals surface area contributed by atoms with E-state index in [1.165, 1.54) is 19.2 Å². The number of nitrogens with zero attached hydrogens (tertiary/aromatic N) is 2. The van der Waals surface area contributed by atoms with Gasteiger partial charge in [-0.05, 0) is 18.2 Å². The third-order valence-corrected chi connectivity index (χ3v) is 2.73. The number of anilines is 1. The third kappa shape index (κ3) is 3.57. The molecular formula is C13H14N4O4. The monoisotopic (exact) mass is 290 g/mol. The molecule has 0 radical (unpaired) electrons. The average molecular weight is 290 g/mol. The van der Waals surface area contributed by atoms with Gasteiger partial charge in [0.2, 0.25) is 0 Å². The highest BCUT2D eigenvalue weighted by molar-refractivity contribution is 5.50. The number of ether oxygens (including phenoxy) is 2. The zero-order valence-electron chi connectivity index (χ0n) is 11.3. The third-order valence-electron chi connectivity index (χ3n) is 2.73. The lowest BCUT2D eigenvalue weighted by Crippen LogP contribution is -2.08. The first-order valence-electron chi connectivity index (χ1n) is 6.01. The van der Waals surface area contributed by atoms with Crippen LogP contribution in [0.4, 0.5) is 11.5 Å². The van der Waals surface area contributed by atoms with Crippen molar-refractivity contribution < 1.29 is 14.4 Å². The van der Waals surface area contributed by atoms with Crippen LogP contribution in [0.2, 0.25) is 0 Å². The minimum absolute atomic E-state index is 0.143. The van der Waals surface area contributed by atoms with Crippen LogP contribution in [-0.2, 0) is 6.61 Å². The molecule has 0 spiro atoms. The zero-order chi connectivity index (χ0) is 15.2. The lowest BCUT2D eigenvalue weighted by Gasteiger charge is -2.08. The number of nitrogen functional groups attached to an aromatic ring is 1. The van der Waals surface area contributed by atoms with Crippen molar-refractivity contribution >= 4 is 11.5 Å². The molecular weight excluding hydrogens is 276 g/mol. The van der Waals surface area contributed by atoms with Crippen molar-refractivity contribution in [2.24, 2.45) is 5.84 Å². The first-order chi connectivity index (χ1) is 10.1. The first kappa shape index (κ1) is 14.5. The van der Waals surface area contributed by atoms with E-state index in [0.29, 0.717) is 11.6 Å². The standard InChI is InChI=1S/C13H14N4O4/c1-20-12-4-3-10(6-11(12)17(18)19)21-8-9-2-5-13(16-14)15-7-9/h2-7H,8,14H2,1H3,(H,15,16). The van der Waals surface area contributed by atoms with E-state index in [1.54, 1.807) is 24.4 Å². The molecule has 2 aromatic rings. The molecule has 1 aromatic carbocycles. The van der Waals surface area contributed by atoms with E-state index < -0.39 is 4.92 Å². The summed E-state index contributed by atoms with van der Waals surface area (Å²) in [5.74, 6) is 6.32. The summed E-state index contributed by atoms with van der Waals surface area (Å²) in [6.07, 6.45) is 1.60. The lowest BCUT2D eigenvalue weighted by atomic mass is 10.2. The molecule has 0 aliphatic rings. The number of hydrazine groups is 1. The number of aromatic nitrogens is 1. The molecule has 0 saturated carbocycles. The van der Waals surface area contributed by atoms with E-state index in [1.807, 2.05) is 0 Å². The number of hydrogen-bond donors (Lipinski definition) is 2. The Hall–Kier alpha value is -2.87. The maximum absolute atomic E-state index is 10.9. The van der Waals surface area contributed by atoms with Crippen LogP contribution in [0.25, 0.3) is 0 Å². The number of nitro benzene ring substituents is 1. The molecule has 3 N–H and O–H groups in total. The predicted molar refractivity (Wildman–Crippen MR) is 76.0 cm³/mol. The number of methoxy groups -OCH3 is 1. The van der Waals surface area contributed by atoms with Gasteiger partial charge in [-0.15, -0.1) is 0 Å². The van der Waals surface area contributed by atoms with E-state index in [0.717, 1.165) is 5.56 Å². The topological polar surface area (TPSA) is 113 Å². The Labute approximate surface area is 120 Å². The molecule has 0 bridgehead atoms. The zero-order valence-corrected chi connectivity index (χ0v) is 11.3. The highest BCUT2D eigenvalue weighted by Gasteiger charge is 2.15. The number of rotatable bonds is 6. The van der Waals surface area contributed by atoms with E-state index in [4.69, 9.17) is 15.3 Å². The Bertz CT molecular complexity index is 631. The molecule has 0 atom stereocenters. The van der Waals surface area contributed by atoms with Crippen LogP contribution in [0, 0.1) is 10.1 Å². The smallest absolute Gasteiger partial charge is 0.314 e. The highest BCUT2D eigenvalue weighted by atomic mass is 16.6. The molecule has 8 nitrogen and oxygen atoms in total. The van der Waals surface area contributed by atoms with Crippen LogP contribution in [-0.4, -0.2) is 17.0 Å². The summed E-state index contributed by atoms with van der Waals surface area (Å²) in [6, 6.07) is 7.92. The minimum atomic E-state index is -0.519. The average Bonchev–Trinajstić information content (AvgIpc) is 2.53. The van der Waals surface area contributed by atoms with Crippen molar-refractivity contribution in [2.45, 2.75) is 6.61 Å². The van der Waals surface area contributed by atoms with Gasteiger partial charge < -0.3 is 14.9 Å². The van der Waals surface area contributed by atoms with Crippen LogP contribution < -0.4 is 20.7 Å². The van der Waals surface area contributed by atoms with Gasteiger partial charge >= 0.3 is 5.69 Å². The molecule has 0 fully saturated rings. The fraction of sp³-hybridized carbons (Fsp3) is 0.154. The quantitative estimate of drug-likeness (QED) is 0.474. The second-order valence-electron chi connectivity index (χ2n) is 4.08. The van der Waals surface area contributed by atoms with Gasteiger partial charge in [-0.2, -0.15) is 0 Å². The van der Waals surface area contributed by atoms with Crippen LogP contribution in [0.15, 0.2) is 36.5 Å². The van der Waals surface area contributed by atoms with E-state index >= 15 is 0 Å². The van der Waals surface area contributed by atoms with Gasteiger partial charge in [0, 0.05) is 11.8 Å². The van der Waals surface area contributed by atoms with Crippen molar-refractivity contribution in [3.05, 3.63) is 52.2 Å². The van der Waals surface area contributed by atoms with Crippen molar-refractivity contribution in [1.82, 2.24) is 4.98 Å². The Morgan fingerprint density at radius 3 is 2.76 bits per heavy atom. The number of benzene rings is 1. The molecule has 2 rings (SSSR count). The maximum atomic E-state index is 10.9. The summed E-state index contributed by atoms with van der Waals surface area (Å²) in [4.78, 5) is 14.4. The molecule has 0 unspecified atom stereocenters. The number of hydrogen-bond acceptors (Lipinski definition) is 7. The normalized spacial score (nSPS) is 10.0. The molecule has 21 heavy (non-hydrogen) atoms. The van der Waals surface area contributed by atoms with Gasteiger partial charge in [0.25, 0.3) is 0 Å². The van der Waals surface area contributed by atoms with E-state index in [2.05, 4.69) is 10.4 Å².